The summed E-state index contributed by atoms with van der Waals surface area (Å²) in [5.74, 6) is 0.881. The van der Waals surface area contributed by atoms with E-state index in [2.05, 4.69) is 11.9 Å². The van der Waals surface area contributed by atoms with Crippen LogP contribution in [0.25, 0.3) is 0 Å². The molecule has 0 aliphatic heterocycles. The first-order valence-electron chi connectivity index (χ1n) is 4.86. The van der Waals surface area contributed by atoms with Crippen LogP contribution in [0.1, 0.15) is 31.9 Å². The molecule has 2 atom stereocenters. The third-order valence-corrected chi connectivity index (χ3v) is 2.54. The summed E-state index contributed by atoms with van der Waals surface area (Å²) in [6.45, 7) is 4.08. The van der Waals surface area contributed by atoms with Gasteiger partial charge in [0.2, 0.25) is 0 Å². The van der Waals surface area contributed by atoms with E-state index in [-0.39, 0.29) is 5.92 Å². The van der Waals surface area contributed by atoms with E-state index in [1.165, 1.54) is 0 Å². The lowest BCUT2D eigenvalue weighted by atomic mass is 9.95. The maximum Gasteiger partial charge on any atom is 0.142 e. The Balaban J connectivity index is 2.93. The molecule has 0 saturated carbocycles. The Morgan fingerprint density at radius 2 is 2.29 bits per heavy atom. The van der Waals surface area contributed by atoms with Gasteiger partial charge in [0, 0.05) is 11.8 Å². The average molecular weight is 195 g/mol. The van der Waals surface area contributed by atoms with Crippen molar-refractivity contribution in [1.82, 2.24) is 4.98 Å². The van der Waals surface area contributed by atoms with Gasteiger partial charge in [0.25, 0.3) is 0 Å². The van der Waals surface area contributed by atoms with Crippen molar-refractivity contribution in [3.05, 3.63) is 24.0 Å². The number of aliphatic hydroxyl groups is 1. The Labute approximate surface area is 84.7 Å². The van der Waals surface area contributed by atoms with Crippen molar-refractivity contribution in [2.75, 3.05) is 7.11 Å². The zero-order valence-corrected chi connectivity index (χ0v) is 8.90. The number of pyridine rings is 1. The van der Waals surface area contributed by atoms with Gasteiger partial charge in [-0.15, -0.1) is 0 Å². The molecule has 1 N–H and O–H groups in total. The summed E-state index contributed by atoms with van der Waals surface area (Å²) in [5, 5.41) is 9.99. The molecule has 0 amide bonds. The van der Waals surface area contributed by atoms with Crippen molar-refractivity contribution < 1.29 is 9.84 Å². The maximum absolute atomic E-state index is 9.99. The molecule has 2 unspecified atom stereocenters. The van der Waals surface area contributed by atoms with Crippen LogP contribution in [-0.4, -0.2) is 17.2 Å². The molecule has 0 aliphatic carbocycles. The molecule has 0 bridgehead atoms. The van der Waals surface area contributed by atoms with Crippen molar-refractivity contribution in [2.24, 2.45) is 5.92 Å². The Kier molecular flexibility index (Phi) is 3.89. The second kappa shape index (κ2) is 4.96. The second-order valence-corrected chi connectivity index (χ2v) is 3.45. The molecule has 0 fully saturated rings. The summed E-state index contributed by atoms with van der Waals surface area (Å²) >= 11 is 0. The number of hydrogen-bond donors (Lipinski definition) is 1. The van der Waals surface area contributed by atoms with Crippen molar-refractivity contribution in [2.45, 2.75) is 26.4 Å². The van der Waals surface area contributed by atoms with Gasteiger partial charge in [-0.3, -0.25) is 4.98 Å². The first-order valence-corrected chi connectivity index (χ1v) is 4.86. The minimum atomic E-state index is -0.474. The van der Waals surface area contributed by atoms with Gasteiger partial charge < -0.3 is 9.84 Å². The third-order valence-electron chi connectivity index (χ3n) is 2.54. The number of ether oxygens (including phenoxy) is 1. The van der Waals surface area contributed by atoms with Crippen molar-refractivity contribution >= 4 is 0 Å². The third kappa shape index (κ3) is 2.23. The van der Waals surface area contributed by atoms with Crippen LogP contribution in [0.5, 0.6) is 5.75 Å². The Hall–Kier alpha value is -1.09. The largest absolute Gasteiger partial charge is 0.495 e. The Morgan fingerprint density at radius 1 is 1.57 bits per heavy atom. The normalized spacial score (nSPS) is 14.9. The fraction of sp³-hybridized carbons (Fsp3) is 0.545. The first-order chi connectivity index (χ1) is 6.70. The smallest absolute Gasteiger partial charge is 0.142 e. The van der Waals surface area contributed by atoms with Gasteiger partial charge in [-0.1, -0.05) is 20.3 Å². The lowest BCUT2D eigenvalue weighted by Gasteiger charge is -2.19. The van der Waals surface area contributed by atoms with Crippen molar-refractivity contribution in [3.63, 3.8) is 0 Å². The molecule has 1 heterocycles. The van der Waals surface area contributed by atoms with E-state index in [1.54, 1.807) is 25.6 Å². The highest BCUT2D eigenvalue weighted by atomic mass is 16.5. The van der Waals surface area contributed by atoms with Gasteiger partial charge >= 0.3 is 0 Å². The molecular weight excluding hydrogens is 178 g/mol. The van der Waals surface area contributed by atoms with E-state index in [9.17, 15) is 5.11 Å². The number of rotatable bonds is 4. The molecule has 1 rings (SSSR count). The number of aliphatic hydroxyl groups excluding tert-OH is 1. The lowest BCUT2D eigenvalue weighted by molar-refractivity contribution is 0.112. The van der Waals surface area contributed by atoms with E-state index in [0.717, 1.165) is 12.0 Å². The SMILES string of the molecule is CCC(C)C(O)c1ccncc1OC. The predicted octanol–water partition coefficient (Wildman–Crippen LogP) is 2.17. The molecule has 0 aliphatic rings. The average Bonchev–Trinajstić information content (AvgIpc) is 2.26. The summed E-state index contributed by atoms with van der Waals surface area (Å²) < 4.78 is 5.14. The molecule has 0 saturated heterocycles. The number of aromatic nitrogens is 1. The van der Waals surface area contributed by atoms with Gasteiger partial charge in [0.05, 0.1) is 19.4 Å². The van der Waals surface area contributed by atoms with Crippen LogP contribution in [-0.2, 0) is 0 Å². The minimum absolute atomic E-state index is 0.228. The Bertz CT molecular complexity index is 288. The summed E-state index contributed by atoms with van der Waals surface area (Å²) in [6.07, 6.45) is 3.76. The highest BCUT2D eigenvalue weighted by Crippen LogP contribution is 2.30. The molecule has 1 aromatic rings. The van der Waals surface area contributed by atoms with Gasteiger partial charge in [0.1, 0.15) is 5.75 Å². The molecule has 0 aromatic carbocycles. The van der Waals surface area contributed by atoms with Gasteiger partial charge in [-0.25, -0.2) is 0 Å². The molecule has 3 nitrogen and oxygen atoms in total. The Morgan fingerprint density at radius 3 is 2.86 bits per heavy atom. The first kappa shape index (κ1) is 11.0. The van der Waals surface area contributed by atoms with Gasteiger partial charge in [-0.05, 0) is 12.0 Å². The van der Waals surface area contributed by atoms with Crippen molar-refractivity contribution in [1.29, 1.82) is 0 Å². The van der Waals surface area contributed by atoms with E-state index < -0.39 is 6.10 Å². The van der Waals surface area contributed by atoms with Gasteiger partial charge in [0.15, 0.2) is 0 Å². The molecule has 78 valence electrons. The van der Waals surface area contributed by atoms with E-state index in [0.29, 0.717) is 5.75 Å². The van der Waals surface area contributed by atoms with Crippen LogP contribution in [0.15, 0.2) is 18.5 Å². The number of hydrogen-bond acceptors (Lipinski definition) is 3. The number of nitrogens with zero attached hydrogens (tertiary/aromatic N) is 1. The summed E-state index contributed by atoms with van der Waals surface area (Å²) in [5.41, 5.74) is 0.817. The topological polar surface area (TPSA) is 42.4 Å². The molecule has 0 radical (unpaired) electrons. The van der Waals surface area contributed by atoms with Crippen molar-refractivity contribution in [3.8, 4) is 5.75 Å². The van der Waals surface area contributed by atoms with Crippen LogP contribution in [0.2, 0.25) is 0 Å². The van der Waals surface area contributed by atoms with Crippen LogP contribution in [0.4, 0.5) is 0 Å². The fourth-order valence-corrected chi connectivity index (χ4v) is 1.34. The van der Waals surface area contributed by atoms with E-state index in [1.807, 2.05) is 6.92 Å². The zero-order chi connectivity index (χ0) is 10.6. The molecule has 3 heteroatoms. The maximum atomic E-state index is 9.99. The summed E-state index contributed by atoms with van der Waals surface area (Å²) in [4.78, 5) is 3.95. The standard InChI is InChI=1S/C11H17NO2/c1-4-8(2)11(13)9-5-6-12-7-10(9)14-3/h5-8,11,13H,4H2,1-3H3. The van der Waals surface area contributed by atoms with Crippen LogP contribution in [0, 0.1) is 5.92 Å². The van der Waals surface area contributed by atoms with Crippen LogP contribution < -0.4 is 4.74 Å². The molecule has 14 heavy (non-hydrogen) atoms. The number of methoxy groups -OCH3 is 1. The molecule has 0 spiro atoms. The van der Waals surface area contributed by atoms with Gasteiger partial charge in [-0.2, -0.15) is 0 Å². The van der Waals surface area contributed by atoms with E-state index >= 15 is 0 Å². The quantitative estimate of drug-likeness (QED) is 0.800. The van der Waals surface area contributed by atoms with Crippen LogP contribution in [0.3, 0.4) is 0 Å². The highest BCUT2D eigenvalue weighted by Gasteiger charge is 2.18. The second-order valence-electron chi connectivity index (χ2n) is 3.45. The fourth-order valence-electron chi connectivity index (χ4n) is 1.34. The summed E-state index contributed by atoms with van der Waals surface area (Å²) in [7, 11) is 1.59. The lowest BCUT2D eigenvalue weighted by Crippen LogP contribution is -2.09. The predicted molar refractivity (Wildman–Crippen MR) is 55.2 cm³/mol. The monoisotopic (exact) mass is 195 g/mol. The molecule has 1 aromatic heterocycles. The summed E-state index contributed by atoms with van der Waals surface area (Å²) in [6, 6.07) is 1.80. The minimum Gasteiger partial charge on any atom is -0.495 e. The van der Waals surface area contributed by atoms with Crippen LogP contribution >= 0.6 is 0 Å². The highest BCUT2D eigenvalue weighted by molar-refractivity contribution is 5.31. The van der Waals surface area contributed by atoms with E-state index in [4.69, 9.17) is 4.74 Å². The molecular formula is C11H17NO2. The zero-order valence-electron chi connectivity index (χ0n) is 8.90.